The molecule has 0 spiro atoms. The first kappa shape index (κ1) is 16.1. The van der Waals surface area contributed by atoms with Gasteiger partial charge in [-0.3, -0.25) is 4.79 Å². The number of carbonyl (C=O) groups is 1. The van der Waals surface area contributed by atoms with Gasteiger partial charge in [-0.05, 0) is 17.7 Å². The lowest BCUT2D eigenvalue weighted by Crippen LogP contribution is -2.29. The van der Waals surface area contributed by atoms with Crippen LogP contribution in [-0.4, -0.2) is 22.6 Å². The SMILES string of the molecule is Cl.NCC(=O)NCc1nc(Cc2cccc(F)c2)no1. The molecule has 2 aromatic rings. The van der Waals surface area contributed by atoms with E-state index in [-0.39, 0.29) is 43.1 Å². The van der Waals surface area contributed by atoms with E-state index in [9.17, 15) is 9.18 Å². The highest BCUT2D eigenvalue weighted by Gasteiger charge is 2.08. The van der Waals surface area contributed by atoms with Crippen molar-refractivity contribution in [2.24, 2.45) is 5.73 Å². The van der Waals surface area contributed by atoms with Crippen LogP contribution >= 0.6 is 12.4 Å². The average molecular weight is 301 g/mol. The average Bonchev–Trinajstić information content (AvgIpc) is 2.83. The van der Waals surface area contributed by atoms with Crippen molar-refractivity contribution in [1.82, 2.24) is 15.5 Å². The smallest absolute Gasteiger partial charge is 0.246 e. The van der Waals surface area contributed by atoms with E-state index in [1.54, 1.807) is 12.1 Å². The van der Waals surface area contributed by atoms with Gasteiger partial charge in [-0.2, -0.15) is 4.98 Å². The first-order chi connectivity index (χ1) is 9.17. The van der Waals surface area contributed by atoms with Crippen molar-refractivity contribution in [3.05, 3.63) is 47.4 Å². The minimum Gasteiger partial charge on any atom is -0.346 e. The molecule has 2 rings (SSSR count). The van der Waals surface area contributed by atoms with Gasteiger partial charge < -0.3 is 15.6 Å². The molecule has 1 amide bonds. The zero-order chi connectivity index (χ0) is 13.7. The van der Waals surface area contributed by atoms with E-state index in [0.717, 1.165) is 5.56 Å². The summed E-state index contributed by atoms with van der Waals surface area (Å²) in [6.45, 7) is 0.0382. The Kier molecular flexibility index (Phi) is 6.08. The third-order valence-electron chi connectivity index (χ3n) is 2.38. The number of nitrogens with one attached hydrogen (secondary N) is 1. The fourth-order valence-electron chi connectivity index (χ4n) is 1.51. The summed E-state index contributed by atoms with van der Waals surface area (Å²) in [7, 11) is 0. The number of aromatic nitrogens is 2. The predicted octanol–water partition coefficient (Wildman–Crippen LogP) is 0.796. The van der Waals surface area contributed by atoms with Crippen LogP contribution in [0.5, 0.6) is 0 Å². The Labute approximate surface area is 121 Å². The van der Waals surface area contributed by atoms with Gasteiger partial charge in [-0.25, -0.2) is 4.39 Å². The summed E-state index contributed by atoms with van der Waals surface area (Å²) in [6.07, 6.45) is 0.367. The highest BCUT2D eigenvalue weighted by atomic mass is 35.5. The minimum absolute atomic E-state index is 0. The molecule has 1 heterocycles. The molecule has 108 valence electrons. The monoisotopic (exact) mass is 300 g/mol. The molecule has 0 unspecified atom stereocenters. The Hall–Kier alpha value is -1.99. The molecule has 3 N–H and O–H groups in total. The van der Waals surface area contributed by atoms with Crippen LogP contribution in [0, 0.1) is 5.82 Å². The van der Waals surface area contributed by atoms with E-state index >= 15 is 0 Å². The molecule has 0 radical (unpaired) electrons. The van der Waals surface area contributed by atoms with E-state index in [1.807, 2.05) is 0 Å². The molecule has 0 bridgehead atoms. The van der Waals surface area contributed by atoms with Crippen molar-refractivity contribution in [2.45, 2.75) is 13.0 Å². The lowest BCUT2D eigenvalue weighted by Gasteiger charge is -1.97. The number of hydrogen-bond donors (Lipinski definition) is 2. The lowest BCUT2D eigenvalue weighted by molar-refractivity contribution is -0.120. The van der Waals surface area contributed by atoms with Crippen LogP contribution in [0.1, 0.15) is 17.3 Å². The maximum absolute atomic E-state index is 13.0. The maximum atomic E-state index is 13.0. The standard InChI is InChI=1S/C12H13FN4O2.ClH/c13-9-3-1-2-8(4-9)5-10-16-12(19-17-10)7-15-11(18)6-14;/h1-4H,5-7,14H2,(H,15,18);1H. The van der Waals surface area contributed by atoms with Crippen molar-refractivity contribution in [1.29, 1.82) is 0 Å². The third kappa shape index (κ3) is 4.60. The van der Waals surface area contributed by atoms with Crippen LogP contribution in [-0.2, 0) is 17.8 Å². The summed E-state index contributed by atoms with van der Waals surface area (Å²) in [5, 5.41) is 6.27. The highest BCUT2D eigenvalue weighted by molar-refractivity contribution is 5.85. The van der Waals surface area contributed by atoms with Crippen LogP contribution in [0.25, 0.3) is 0 Å². The van der Waals surface area contributed by atoms with Gasteiger partial charge in [0.15, 0.2) is 5.82 Å². The van der Waals surface area contributed by atoms with Gasteiger partial charge in [-0.15, -0.1) is 12.4 Å². The van der Waals surface area contributed by atoms with E-state index in [0.29, 0.717) is 12.2 Å². The van der Waals surface area contributed by atoms with Gasteiger partial charge in [0, 0.05) is 6.42 Å². The topological polar surface area (TPSA) is 94.0 Å². The lowest BCUT2D eigenvalue weighted by atomic mass is 10.1. The Morgan fingerprint density at radius 1 is 1.45 bits per heavy atom. The van der Waals surface area contributed by atoms with E-state index < -0.39 is 0 Å². The zero-order valence-electron chi connectivity index (χ0n) is 10.5. The number of benzene rings is 1. The van der Waals surface area contributed by atoms with E-state index in [4.69, 9.17) is 10.3 Å². The van der Waals surface area contributed by atoms with Crippen LogP contribution in [0.15, 0.2) is 28.8 Å². The molecule has 8 heteroatoms. The third-order valence-corrected chi connectivity index (χ3v) is 2.38. The van der Waals surface area contributed by atoms with Crippen molar-refractivity contribution in [3.8, 4) is 0 Å². The molecule has 0 saturated carbocycles. The molecule has 0 aliphatic rings. The molecule has 1 aromatic heterocycles. The van der Waals surface area contributed by atoms with Crippen molar-refractivity contribution >= 4 is 18.3 Å². The second-order valence-corrected chi connectivity index (χ2v) is 3.89. The first-order valence-corrected chi connectivity index (χ1v) is 5.70. The first-order valence-electron chi connectivity index (χ1n) is 5.70. The number of hydrogen-bond acceptors (Lipinski definition) is 5. The molecular formula is C12H14ClFN4O2. The summed E-state index contributed by atoms with van der Waals surface area (Å²) in [4.78, 5) is 15.0. The molecule has 0 atom stereocenters. The molecular weight excluding hydrogens is 287 g/mol. The molecule has 0 saturated heterocycles. The number of nitrogens with two attached hydrogens (primary N) is 1. The number of nitrogens with zero attached hydrogens (tertiary/aromatic N) is 2. The van der Waals surface area contributed by atoms with Gasteiger partial charge >= 0.3 is 0 Å². The summed E-state index contributed by atoms with van der Waals surface area (Å²) in [5.41, 5.74) is 5.89. The van der Waals surface area contributed by atoms with Crippen LogP contribution in [0.2, 0.25) is 0 Å². The second-order valence-electron chi connectivity index (χ2n) is 3.89. The maximum Gasteiger partial charge on any atom is 0.246 e. The summed E-state index contributed by atoms with van der Waals surface area (Å²) in [5.74, 6) is 0.108. The largest absolute Gasteiger partial charge is 0.346 e. The molecule has 1 aromatic carbocycles. The Balaban J connectivity index is 0.00000200. The predicted molar refractivity (Wildman–Crippen MR) is 71.7 cm³/mol. The fourth-order valence-corrected chi connectivity index (χ4v) is 1.51. The summed E-state index contributed by atoms with van der Waals surface area (Å²) < 4.78 is 18.0. The van der Waals surface area contributed by atoms with Gasteiger partial charge in [0.05, 0.1) is 13.1 Å². The van der Waals surface area contributed by atoms with Gasteiger partial charge in [0.1, 0.15) is 5.82 Å². The zero-order valence-corrected chi connectivity index (χ0v) is 11.3. The van der Waals surface area contributed by atoms with Gasteiger partial charge in [0.25, 0.3) is 0 Å². The summed E-state index contributed by atoms with van der Waals surface area (Å²) in [6, 6.07) is 6.17. The fraction of sp³-hybridized carbons (Fsp3) is 0.250. The normalized spacial score (nSPS) is 9.90. The molecule has 0 aliphatic carbocycles. The Bertz CT molecular complexity index is 576. The molecule has 20 heavy (non-hydrogen) atoms. The Morgan fingerprint density at radius 3 is 2.95 bits per heavy atom. The van der Waals surface area contributed by atoms with Gasteiger partial charge in [0.2, 0.25) is 11.8 Å². The second kappa shape index (κ2) is 7.56. The number of rotatable bonds is 5. The summed E-state index contributed by atoms with van der Waals surface area (Å²) >= 11 is 0. The van der Waals surface area contributed by atoms with E-state index in [2.05, 4.69) is 15.5 Å². The van der Waals surface area contributed by atoms with Crippen LogP contribution < -0.4 is 11.1 Å². The number of halogens is 2. The number of carbonyl (C=O) groups excluding carboxylic acids is 1. The molecule has 6 nitrogen and oxygen atoms in total. The van der Waals surface area contributed by atoms with Gasteiger partial charge in [-0.1, -0.05) is 17.3 Å². The van der Waals surface area contributed by atoms with Crippen molar-refractivity contribution in [2.75, 3.05) is 6.54 Å². The van der Waals surface area contributed by atoms with Crippen molar-refractivity contribution < 1.29 is 13.7 Å². The minimum atomic E-state index is -0.309. The van der Waals surface area contributed by atoms with Crippen LogP contribution in [0.4, 0.5) is 4.39 Å². The van der Waals surface area contributed by atoms with Crippen LogP contribution in [0.3, 0.4) is 0 Å². The van der Waals surface area contributed by atoms with Crippen molar-refractivity contribution in [3.63, 3.8) is 0 Å². The molecule has 0 aliphatic heterocycles. The Morgan fingerprint density at radius 2 is 2.25 bits per heavy atom. The quantitative estimate of drug-likeness (QED) is 0.851. The number of amides is 1. The highest BCUT2D eigenvalue weighted by Crippen LogP contribution is 2.08. The molecule has 0 fully saturated rings. The van der Waals surface area contributed by atoms with E-state index in [1.165, 1.54) is 12.1 Å².